The molecule has 0 rings (SSSR count). The standard InChI is InChI=1S/C6H6F6/c1-3(8)5(9)4(2-7)6(10,11)12/h4-5H,1-2H2. The minimum atomic E-state index is -5.08. The maximum atomic E-state index is 12.3. The topological polar surface area (TPSA) is 0 Å². The molecule has 72 valence electrons. The van der Waals surface area contributed by atoms with Crippen LogP contribution in [0, 0.1) is 5.92 Å². The van der Waals surface area contributed by atoms with E-state index >= 15 is 0 Å². The van der Waals surface area contributed by atoms with Crippen LogP contribution >= 0.6 is 0 Å². The predicted octanol–water partition coefficient (Wildman–Crippen LogP) is 2.96. The SMILES string of the molecule is C=C(F)C(F)C(CF)C(F)(F)F. The Morgan fingerprint density at radius 2 is 1.75 bits per heavy atom. The smallest absolute Gasteiger partial charge is 0.250 e. The maximum Gasteiger partial charge on any atom is 0.397 e. The van der Waals surface area contributed by atoms with Crippen molar-refractivity contribution in [1.82, 2.24) is 0 Å². The summed E-state index contributed by atoms with van der Waals surface area (Å²) in [6.45, 7) is 0.337. The van der Waals surface area contributed by atoms with Gasteiger partial charge in [-0.25, -0.2) is 8.78 Å². The van der Waals surface area contributed by atoms with E-state index in [1.807, 2.05) is 0 Å². The molecular weight excluding hydrogens is 186 g/mol. The van der Waals surface area contributed by atoms with Crippen LogP contribution in [0.1, 0.15) is 0 Å². The summed E-state index contributed by atoms with van der Waals surface area (Å²) in [5.74, 6) is -4.76. The van der Waals surface area contributed by atoms with Gasteiger partial charge in [-0.1, -0.05) is 6.58 Å². The van der Waals surface area contributed by atoms with Crippen molar-refractivity contribution < 1.29 is 26.3 Å². The van der Waals surface area contributed by atoms with E-state index in [1.54, 1.807) is 0 Å². The second kappa shape index (κ2) is 3.82. The molecule has 0 amide bonds. The predicted molar refractivity (Wildman–Crippen MR) is 30.7 cm³/mol. The molecule has 2 unspecified atom stereocenters. The third-order valence-electron chi connectivity index (χ3n) is 1.24. The molecule has 0 fully saturated rings. The third kappa shape index (κ3) is 2.75. The lowest BCUT2D eigenvalue weighted by atomic mass is 10.0. The average molecular weight is 192 g/mol. The normalized spacial score (nSPS) is 17.2. The van der Waals surface area contributed by atoms with Crippen LogP contribution in [0.2, 0.25) is 0 Å². The van der Waals surface area contributed by atoms with Gasteiger partial charge in [0.25, 0.3) is 0 Å². The van der Waals surface area contributed by atoms with Gasteiger partial charge in [-0.3, -0.25) is 4.39 Å². The summed E-state index contributed by atoms with van der Waals surface area (Å²) in [5, 5.41) is 0. The van der Waals surface area contributed by atoms with Gasteiger partial charge in [0.15, 0.2) is 6.17 Å². The summed E-state index contributed by atoms with van der Waals surface area (Å²) >= 11 is 0. The van der Waals surface area contributed by atoms with Crippen molar-refractivity contribution in [3.05, 3.63) is 12.4 Å². The molecule has 0 saturated carbocycles. The highest BCUT2D eigenvalue weighted by Crippen LogP contribution is 2.33. The summed E-state index contributed by atoms with van der Waals surface area (Å²) in [6, 6.07) is 0. The van der Waals surface area contributed by atoms with Gasteiger partial charge in [0.1, 0.15) is 18.4 Å². The molecule has 0 aromatic heterocycles. The van der Waals surface area contributed by atoms with Crippen LogP contribution in [0.25, 0.3) is 0 Å². The first-order valence-corrected chi connectivity index (χ1v) is 2.91. The summed E-state index contributed by atoms with van der Waals surface area (Å²) in [5.41, 5.74) is 0. The Labute approximate surface area is 64.9 Å². The van der Waals surface area contributed by atoms with E-state index in [4.69, 9.17) is 0 Å². The molecule has 0 aliphatic rings. The molecule has 12 heavy (non-hydrogen) atoms. The Balaban J connectivity index is 4.45. The van der Waals surface area contributed by atoms with Gasteiger partial charge in [0, 0.05) is 0 Å². The van der Waals surface area contributed by atoms with Gasteiger partial charge in [-0.2, -0.15) is 13.2 Å². The lowest BCUT2D eigenvalue weighted by molar-refractivity contribution is -0.192. The molecule has 0 heterocycles. The summed E-state index contributed by atoms with van der Waals surface area (Å²) in [4.78, 5) is 0. The Bertz CT molecular complexity index is 160. The largest absolute Gasteiger partial charge is 0.397 e. The lowest BCUT2D eigenvalue weighted by Crippen LogP contribution is -2.33. The lowest BCUT2D eigenvalue weighted by Gasteiger charge is -2.19. The number of alkyl halides is 5. The summed E-state index contributed by atoms with van der Waals surface area (Å²) in [6.07, 6.45) is -8.10. The highest BCUT2D eigenvalue weighted by molar-refractivity contribution is 4.96. The molecule has 0 bridgehead atoms. The number of rotatable bonds is 3. The quantitative estimate of drug-likeness (QED) is 0.603. The van der Waals surface area contributed by atoms with Crippen LogP contribution < -0.4 is 0 Å². The highest BCUT2D eigenvalue weighted by Gasteiger charge is 2.46. The Morgan fingerprint density at radius 3 is 1.83 bits per heavy atom. The fourth-order valence-corrected chi connectivity index (χ4v) is 0.550. The molecule has 0 spiro atoms. The van der Waals surface area contributed by atoms with Crippen molar-refractivity contribution >= 4 is 0 Å². The van der Waals surface area contributed by atoms with Gasteiger partial charge in [0.05, 0.1) is 0 Å². The number of hydrogen-bond acceptors (Lipinski definition) is 0. The molecular formula is C6H6F6. The van der Waals surface area contributed by atoms with Crippen LogP contribution in [0.4, 0.5) is 26.3 Å². The fraction of sp³-hybridized carbons (Fsp3) is 0.667. The Hall–Kier alpha value is -0.680. The van der Waals surface area contributed by atoms with E-state index < -0.39 is 30.8 Å². The van der Waals surface area contributed by atoms with E-state index in [0.29, 0.717) is 0 Å². The van der Waals surface area contributed by atoms with Crippen LogP contribution in [0.3, 0.4) is 0 Å². The Morgan fingerprint density at radius 1 is 1.33 bits per heavy atom. The van der Waals surface area contributed by atoms with E-state index in [2.05, 4.69) is 6.58 Å². The zero-order valence-corrected chi connectivity index (χ0v) is 5.84. The van der Waals surface area contributed by atoms with Crippen molar-refractivity contribution in [1.29, 1.82) is 0 Å². The molecule has 0 aromatic rings. The minimum Gasteiger partial charge on any atom is -0.250 e. The van der Waals surface area contributed by atoms with Gasteiger partial charge < -0.3 is 0 Å². The van der Waals surface area contributed by atoms with E-state index in [-0.39, 0.29) is 0 Å². The second-order valence-corrected chi connectivity index (χ2v) is 2.15. The van der Waals surface area contributed by atoms with Crippen LogP contribution in [0.5, 0.6) is 0 Å². The molecule has 0 N–H and O–H groups in total. The second-order valence-electron chi connectivity index (χ2n) is 2.15. The Kier molecular flexibility index (Phi) is 3.60. The van der Waals surface area contributed by atoms with E-state index in [9.17, 15) is 26.3 Å². The van der Waals surface area contributed by atoms with Crippen molar-refractivity contribution in [2.45, 2.75) is 12.3 Å². The number of allylic oxidation sites excluding steroid dienone is 1. The van der Waals surface area contributed by atoms with Crippen molar-refractivity contribution in [3.63, 3.8) is 0 Å². The van der Waals surface area contributed by atoms with Gasteiger partial charge in [-0.15, -0.1) is 0 Å². The van der Waals surface area contributed by atoms with Crippen LogP contribution in [-0.2, 0) is 0 Å². The van der Waals surface area contributed by atoms with E-state index in [1.165, 1.54) is 0 Å². The third-order valence-corrected chi connectivity index (χ3v) is 1.24. The molecule has 0 saturated heterocycles. The van der Waals surface area contributed by atoms with Crippen molar-refractivity contribution in [2.24, 2.45) is 5.92 Å². The zero-order valence-electron chi connectivity index (χ0n) is 5.84. The first-order valence-electron chi connectivity index (χ1n) is 2.91. The number of halogens is 6. The molecule has 0 aliphatic carbocycles. The van der Waals surface area contributed by atoms with Crippen LogP contribution in [0.15, 0.2) is 12.4 Å². The molecule has 0 aromatic carbocycles. The van der Waals surface area contributed by atoms with Crippen molar-refractivity contribution in [3.8, 4) is 0 Å². The molecule has 2 atom stereocenters. The molecule has 6 heteroatoms. The van der Waals surface area contributed by atoms with Gasteiger partial charge in [-0.05, 0) is 0 Å². The first kappa shape index (κ1) is 11.3. The van der Waals surface area contributed by atoms with Crippen LogP contribution in [-0.4, -0.2) is 19.0 Å². The molecule has 0 nitrogen and oxygen atoms in total. The molecule has 0 aliphatic heterocycles. The van der Waals surface area contributed by atoms with Gasteiger partial charge >= 0.3 is 6.18 Å². The van der Waals surface area contributed by atoms with Gasteiger partial charge in [0.2, 0.25) is 0 Å². The molecule has 0 radical (unpaired) electrons. The number of hydrogen-bond donors (Lipinski definition) is 0. The van der Waals surface area contributed by atoms with E-state index in [0.717, 1.165) is 0 Å². The summed E-state index contributed by atoms with van der Waals surface area (Å²) < 4.78 is 70.6. The zero-order chi connectivity index (χ0) is 9.94. The minimum absolute atomic E-state index is 1.81. The monoisotopic (exact) mass is 192 g/mol. The first-order chi connectivity index (χ1) is 5.30. The highest BCUT2D eigenvalue weighted by atomic mass is 19.4. The van der Waals surface area contributed by atoms with Crippen molar-refractivity contribution in [2.75, 3.05) is 6.67 Å². The fourth-order valence-electron chi connectivity index (χ4n) is 0.550. The summed E-state index contributed by atoms with van der Waals surface area (Å²) in [7, 11) is 0. The average Bonchev–Trinajstić information content (AvgIpc) is 1.85. The maximum absolute atomic E-state index is 12.3.